The van der Waals surface area contributed by atoms with Crippen LogP contribution in [0.1, 0.15) is 5.56 Å². The summed E-state index contributed by atoms with van der Waals surface area (Å²) in [6, 6.07) is 7.65. The Hall–Kier alpha value is -1.88. The Bertz CT molecular complexity index is 459. The molecule has 0 spiro atoms. The fourth-order valence-electron chi connectivity index (χ4n) is 2.01. The molecule has 1 aromatic rings. The first-order chi connectivity index (χ1) is 8.74. The zero-order valence-corrected chi connectivity index (χ0v) is 10.3. The predicted octanol–water partition coefficient (Wildman–Crippen LogP) is 0.338. The molecule has 0 radical (unpaired) electrons. The van der Waals surface area contributed by atoms with Crippen LogP contribution in [0.3, 0.4) is 0 Å². The largest absolute Gasteiger partial charge is 0.383 e. The summed E-state index contributed by atoms with van der Waals surface area (Å²) in [6.07, 6.45) is 0.799. The number of hydrogen-bond donors (Lipinski definition) is 1. The topological polar surface area (TPSA) is 58.6 Å². The molecule has 5 heteroatoms. The van der Waals surface area contributed by atoms with E-state index in [0.29, 0.717) is 19.7 Å². The van der Waals surface area contributed by atoms with Gasteiger partial charge < -0.3 is 15.0 Å². The number of carbonyl (C=O) groups excluding carboxylic acids is 2. The third-order valence-electron chi connectivity index (χ3n) is 2.92. The van der Waals surface area contributed by atoms with E-state index in [0.717, 1.165) is 17.7 Å². The number of methoxy groups -OCH3 is 1. The molecule has 0 saturated heterocycles. The molecule has 0 saturated carbocycles. The Morgan fingerprint density at radius 3 is 2.94 bits per heavy atom. The first-order valence-electron chi connectivity index (χ1n) is 5.90. The van der Waals surface area contributed by atoms with Gasteiger partial charge in [-0.05, 0) is 18.1 Å². The van der Waals surface area contributed by atoms with Crippen molar-refractivity contribution in [3.63, 3.8) is 0 Å². The van der Waals surface area contributed by atoms with Gasteiger partial charge in [-0.25, -0.2) is 0 Å². The molecular weight excluding hydrogens is 232 g/mol. The van der Waals surface area contributed by atoms with E-state index in [1.54, 1.807) is 7.11 Å². The highest BCUT2D eigenvalue weighted by Crippen LogP contribution is 2.27. The molecule has 1 heterocycles. The Morgan fingerprint density at radius 1 is 1.39 bits per heavy atom. The molecule has 0 fully saturated rings. The monoisotopic (exact) mass is 248 g/mol. The van der Waals surface area contributed by atoms with Crippen LogP contribution in [-0.4, -0.2) is 38.6 Å². The highest BCUT2D eigenvalue weighted by Gasteiger charge is 2.28. The number of anilines is 1. The van der Waals surface area contributed by atoms with Crippen molar-refractivity contribution in [2.24, 2.45) is 0 Å². The van der Waals surface area contributed by atoms with Crippen molar-refractivity contribution < 1.29 is 14.3 Å². The van der Waals surface area contributed by atoms with Crippen LogP contribution in [0.15, 0.2) is 24.3 Å². The van der Waals surface area contributed by atoms with Crippen LogP contribution < -0.4 is 10.2 Å². The van der Waals surface area contributed by atoms with Crippen LogP contribution in [0, 0.1) is 0 Å². The third kappa shape index (κ3) is 2.51. The number of ether oxygens (including phenoxy) is 1. The van der Waals surface area contributed by atoms with Gasteiger partial charge in [0, 0.05) is 25.9 Å². The van der Waals surface area contributed by atoms with Crippen molar-refractivity contribution in [3.05, 3.63) is 29.8 Å². The van der Waals surface area contributed by atoms with Gasteiger partial charge in [0.15, 0.2) is 0 Å². The van der Waals surface area contributed by atoms with Gasteiger partial charge in [-0.3, -0.25) is 9.59 Å². The minimum Gasteiger partial charge on any atom is -0.383 e. The summed E-state index contributed by atoms with van der Waals surface area (Å²) in [7, 11) is 1.55. The van der Waals surface area contributed by atoms with E-state index >= 15 is 0 Å². The molecule has 0 atom stereocenters. The summed E-state index contributed by atoms with van der Waals surface area (Å²) in [5.74, 6) is -1.08. The number of amides is 2. The number of fused-ring (bicyclic) bond motifs is 1. The molecule has 96 valence electrons. The maximum Gasteiger partial charge on any atom is 0.316 e. The molecule has 0 bridgehead atoms. The van der Waals surface area contributed by atoms with E-state index in [4.69, 9.17) is 4.74 Å². The number of rotatable bonds is 3. The van der Waals surface area contributed by atoms with Gasteiger partial charge in [-0.1, -0.05) is 18.2 Å². The molecule has 0 aliphatic carbocycles. The number of nitrogens with zero attached hydrogens (tertiary/aromatic N) is 1. The Kier molecular flexibility index (Phi) is 3.94. The molecule has 1 aliphatic heterocycles. The predicted molar refractivity (Wildman–Crippen MR) is 67.4 cm³/mol. The second kappa shape index (κ2) is 5.64. The molecule has 0 aromatic heterocycles. The van der Waals surface area contributed by atoms with Crippen molar-refractivity contribution in [3.8, 4) is 0 Å². The van der Waals surface area contributed by atoms with E-state index in [-0.39, 0.29) is 0 Å². The van der Waals surface area contributed by atoms with Gasteiger partial charge in [-0.2, -0.15) is 0 Å². The lowest BCUT2D eigenvalue weighted by atomic mass is 10.2. The highest BCUT2D eigenvalue weighted by molar-refractivity contribution is 6.40. The second-order valence-electron chi connectivity index (χ2n) is 4.08. The molecule has 1 aromatic carbocycles. The Morgan fingerprint density at radius 2 is 2.17 bits per heavy atom. The quantitative estimate of drug-likeness (QED) is 0.620. The van der Waals surface area contributed by atoms with Crippen molar-refractivity contribution in [2.75, 3.05) is 31.7 Å². The molecule has 0 unspecified atom stereocenters. The lowest BCUT2D eigenvalue weighted by Gasteiger charge is -2.16. The molecular formula is C13H16N2O3. The summed E-state index contributed by atoms with van der Waals surface area (Å²) in [6.45, 7) is 1.31. The fraction of sp³-hybridized carbons (Fsp3) is 0.385. The summed E-state index contributed by atoms with van der Waals surface area (Å²) in [5, 5.41) is 2.54. The number of para-hydroxylation sites is 1. The molecule has 2 amide bonds. The average Bonchev–Trinajstić information content (AvgIpc) is 2.82. The normalized spacial score (nSPS) is 13.3. The van der Waals surface area contributed by atoms with Crippen LogP contribution in [-0.2, 0) is 20.7 Å². The Labute approximate surface area is 106 Å². The van der Waals surface area contributed by atoms with Gasteiger partial charge in [0.05, 0.1) is 6.61 Å². The molecule has 1 N–H and O–H groups in total. The summed E-state index contributed by atoms with van der Waals surface area (Å²) >= 11 is 0. The van der Waals surface area contributed by atoms with E-state index in [2.05, 4.69) is 5.32 Å². The molecule has 1 aliphatic rings. The first kappa shape index (κ1) is 12.6. The van der Waals surface area contributed by atoms with Crippen LogP contribution in [0.5, 0.6) is 0 Å². The summed E-state index contributed by atoms with van der Waals surface area (Å²) in [4.78, 5) is 25.2. The van der Waals surface area contributed by atoms with E-state index in [1.807, 2.05) is 24.3 Å². The number of nitrogens with one attached hydrogen (secondary N) is 1. The lowest BCUT2D eigenvalue weighted by molar-refractivity contribution is -0.137. The van der Waals surface area contributed by atoms with Crippen molar-refractivity contribution in [1.82, 2.24) is 5.32 Å². The van der Waals surface area contributed by atoms with Crippen molar-refractivity contribution in [2.45, 2.75) is 6.42 Å². The summed E-state index contributed by atoms with van der Waals surface area (Å²) in [5.41, 5.74) is 1.94. The van der Waals surface area contributed by atoms with Crippen LogP contribution in [0.25, 0.3) is 0 Å². The molecule has 18 heavy (non-hydrogen) atoms. The average molecular weight is 248 g/mol. The fourth-order valence-corrected chi connectivity index (χ4v) is 2.01. The zero-order valence-electron chi connectivity index (χ0n) is 10.3. The maximum atomic E-state index is 12.0. The van der Waals surface area contributed by atoms with Gasteiger partial charge in [-0.15, -0.1) is 0 Å². The van der Waals surface area contributed by atoms with Crippen molar-refractivity contribution >= 4 is 17.5 Å². The number of hydrogen-bond acceptors (Lipinski definition) is 3. The van der Waals surface area contributed by atoms with Gasteiger partial charge in [0.25, 0.3) is 0 Å². The maximum absolute atomic E-state index is 12.0. The minimum absolute atomic E-state index is 0.344. The zero-order chi connectivity index (χ0) is 13.0. The number of benzene rings is 1. The summed E-state index contributed by atoms with van der Waals surface area (Å²) < 4.78 is 4.81. The highest BCUT2D eigenvalue weighted by atomic mass is 16.5. The van der Waals surface area contributed by atoms with Crippen molar-refractivity contribution in [1.29, 1.82) is 0 Å². The van der Waals surface area contributed by atoms with Gasteiger partial charge >= 0.3 is 11.8 Å². The lowest BCUT2D eigenvalue weighted by Crippen LogP contribution is -2.43. The van der Waals surface area contributed by atoms with Gasteiger partial charge in [0.2, 0.25) is 0 Å². The van der Waals surface area contributed by atoms with Crippen LogP contribution in [0.2, 0.25) is 0 Å². The van der Waals surface area contributed by atoms with Crippen LogP contribution >= 0.6 is 0 Å². The molecule has 5 nitrogen and oxygen atoms in total. The Balaban J connectivity index is 2.01. The standard InChI is InChI=1S/C13H16N2O3/c1-18-9-7-14-12(16)13(17)15-8-6-10-4-2-3-5-11(10)15/h2-5H,6-9H2,1H3,(H,14,16). The van der Waals surface area contributed by atoms with E-state index in [9.17, 15) is 9.59 Å². The van der Waals surface area contributed by atoms with E-state index < -0.39 is 11.8 Å². The third-order valence-corrected chi connectivity index (χ3v) is 2.92. The smallest absolute Gasteiger partial charge is 0.316 e. The minimum atomic E-state index is -0.580. The number of carbonyl (C=O) groups is 2. The molecule has 2 rings (SSSR count). The SMILES string of the molecule is COCCNC(=O)C(=O)N1CCc2ccccc21. The first-order valence-corrected chi connectivity index (χ1v) is 5.90. The van der Waals surface area contributed by atoms with E-state index in [1.165, 1.54) is 4.90 Å². The van der Waals surface area contributed by atoms with Gasteiger partial charge in [0.1, 0.15) is 0 Å². The van der Waals surface area contributed by atoms with Crippen LogP contribution in [0.4, 0.5) is 5.69 Å². The second-order valence-corrected chi connectivity index (χ2v) is 4.08.